The fourth-order valence-electron chi connectivity index (χ4n) is 0.585. The minimum absolute atomic E-state index is 0.304. The maximum atomic E-state index is 10.5. The number of hydrogen-bond donors (Lipinski definition) is 1. The van der Waals surface area contributed by atoms with Crippen molar-refractivity contribution in [3.05, 3.63) is 27.7 Å². The lowest BCUT2D eigenvalue weighted by molar-refractivity contribution is 0.564. The summed E-state index contributed by atoms with van der Waals surface area (Å²) >= 11 is 6.88. The minimum Gasteiger partial charge on any atom is -0.302 e. The van der Waals surface area contributed by atoms with Crippen molar-refractivity contribution in [1.82, 2.24) is 0 Å². The third-order valence-electron chi connectivity index (χ3n) is 1.09. The summed E-state index contributed by atoms with van der Waals surface area (Å²) in [7, 11) is 0. The number of hydrogen-bond acceptors (Lipinski definition) is 1. The highest BCUT2D eigenvalue weighted by Gasteiger charge is 2.02. The normalized spacial score (nSPS) is 13.0. The lowest BCUT2D eigenvalue weighted by atomic mass is 10.4. The summed E-state index contributed by atoms with van der Waals surface area (Å²) < 4.78 is 19.9. The van der Waals surface area contributed by atoms with Gasteiger partial charge < -0.3 is 4.55 Å². The second-order valence-electron chi connectivity index (χ2n) is 1.83. The van der Waals surface area contributed by atoms with Gasteiger partial charge in [-0.3, -0.25) is 0 Å². The smallest absolute Gasteiger partial charge is 0.186 e. The fraction of sp³-hybridized carbons (Fsp3) is 0. The van der Waals surface area contributed by atoms with Crippen LogP contribution in [-0.4, -0.2) is 8.76 Å². The van der Waals surface area contributed by atoms with Crippen molar-refractivity contribution < 1.29 is 8.76 Å². The molecule has 0 heterocycles. The zero-order valence-corrected chi connectivity index (χ0v) is 8.41. The van der Waals surface area contributed by atoms with Gasteiger partial charge >= 0.3 is 0 Å². The van der Waals surface area contributed by atoms with Crippen LogP contribution in [0.25, 0.3) is 0 Å². The molecule has 1 atom stereocenters. The monoisotopic (exact) mass is 254 g/mol. The van der Waals surface area contributed by atoms with E-state index in [2.05, 4.69) is 15.9 Å². The van der Waals surface area contributed by atoms with Crippen molar-refractivity contribution in [2.75, 3.05) is 0 Å². The van der Waals surface area contributed by atoms with Gasteiger partial charge in [0.15, 0.2) is 11.1 Å². The molecule has 0 aliphatic heterocycles. The van der Waals surface area contributed by atoms with Gasteiger partial charge in [-0.15, -0.1) is 0 Å². The predicted molar refractivity (Wildman–Crippen MR) is 48.2 cm³/mol. The molecular weight excluding hydrogens is 251 g/mol. The molecule has 0 fully saturated rings. The standard InChI is InChI=1S/C6H4BrClO2S/c7-5-2-1-4(11(9)10)3-6(5)8/h1-3H,(H,9,10). The third kappa shape index (κ3) is 2.27. The molecule has 0 saturated carbocycles. The quantitative estimate of drug-likeness (QED) is 0.784. The molecule has 0 spiro atoms. The number of halogens is 2. The molecule has 0 aliphatic carbocycles. The Labute approximate surface area is 80.0 Å². The lowest BCUT2D eigenvalue weighted by Crippen LogP contribution is -1.87. The number of rotatable bonds is 1. The summed E-state index contributed by atoms with van der Waals surface area (Å²) in [6.45, 7) is 0. The topological polar surface area (TPSA) is 37.3 Å². The molecule has 2 nitrogen and oxygen atoms in total. The first-order valence-corrected chi connectivity index (χ1v) is 4.95. The lowest BCUT2D eigenvalue weighted by Gasteiger charge is -1.97. The summed E-state index contributed by atoms with van der Waals surface area (Å²) in [6.07, 6.45) is 0. The van der Waals surface area contributed by atoms with Gasteiger partial charge in [0, 0.05) is 4.47 Å². The van der Waals surface area contributed by atoms with Crippen molar-refractivity contribution in [3.63, 3.8) is 0 Å². The molecule has 1 rings (SSSR count). The van der Waals surface area contributed by atoms with Gasteiger partial charge in [-0.1, -0.05) is 11.6 Å². The second-order valence-corrected chi connectivity index (χ2v) is 4.06. The summed E-state index contributed by atoms with van der Waals surface area (Å²) in [5.41, 5.74) is 0. The first-order valence-electron chi connectivity index (χ1n) is 2.67. The van der Waals surface area contributed by atoms with Crippen molar-refractivity contribution in [1.29, 1.82) is 0 Å². The molecular formula is C6H4BrClO2S. The Morgan fingerprint density at radius 3 is 2.64 bits per heavy atom. The first-order chi connectivity index (χ1) is 5.11. The molecule has 5 heteroatoms. The highest BCUT2D eigenvalue weighted by molar-refractivity contribution is 9.10. The molecule has 0 aromatic heterocycles. The van der Waals surface area contributed by atoms with Crippen LogP contribution in [0.15, 0.2) is 27.6 Å². The maximum Gasteiger partial charge on any atom is 0.186 e. The molecule has 0 amide bonds. The molecule has 60 valence electrons. The van der Waals surface area contributed by atoms with Crippen LogP contribution in [0.4, 0.5) is 0 Å². The van der Waals surface area contributed by atoms with E-state index in [4.69, 9.17) is 16.2 Å². The van der Waals surface area contributed by atoms with Crippen molar-refractivity contribution in [2.24, 2.45) is 0 Å². The van der Waals surface area contributed by atoms with Gasteiger partial charge in [0.05, 0.1) is 9.92 Å². The van der Waals surface area contributed by atoms with Crippen molar-refractivity contribution in [3.8, 4) is 0 Å². The van der Waals surface area contributed by atoms with E-state index < -0.39 is 11.1 Å². The van der Waals surface area contributed by atoms with Gasteiger partial charge in [-0.25, -0.2) is 4.21 Å². The van der Waals surface area contributed by atoms with E-state index in [0.29, 0.717) is 14.4 Å². The van der Waals surface area contributed by atoms with Crippen LogP contribution in [0.1, 0.15) is 0 Å². The Balaban J connectivity index is 3.15. The van der Waals surface area contributed by atoms with Crippen LogP contribution in [0, 0.1) is 0 Å². The summed E-state index contributed by atoms with van der Waals surface area (Å²) in [6, 6.07) is 4.61. The van der Waals surface area contributed by atoms with Gasteiger partial charge in [0.2, 0.25) is 0 Å². The SMILES string of the molecule is O=S(O)c1ccc(Br)c(Cl)c1. The van der Waals surface area contributed by atoms with E-state index in [0.717, 1.165) is 0 Å². The highest BCUT2D eigenvalue weighted by Crippen LogP contribution is 2.23. The maximum absolute atomic E-state index is 10.5. The van der Waals surface area contributed by atoms with Crippen molar-refractivity contribution in [2.45, 2.75) is 4.90 Å². The van der Waals surface area contributed by atoms with Crippen LogP contribution < -0.4 is 0 Å². The van der Waals surface area contributed by atoms with Gasteiger partial charge in [0.1, 0.15) is 0 Å². The van der Waals surface area contributed by atoms with E-state index in [-0.39, 0.29) is 0 Å². The van der Waals surface area contributed by atoms with E-state index in [9.17, 15) is 4.21 Å². The Morgan fingerprint density at radius 1 is 1.55 bits per heavy atom. The molecule has 1 aromatic carbocycles. The fourth-order valence-corrected chi connectivity index (χ4v) is 1.48. The predicted octanol–water partition coefficient (Wildman–Crippen LogP) is 2.68. The van der Waals surface area contributed by atoms with Crippen LogP contribution in [0.5, 0.6) is 0 Å². The van der Waals surface area contributed by atoms with Crippen LogP contribution >= 0.6 is 27.5 Å². The van der Waals surface area contributed by atoms with E-state index >= 15 is 0 Å². The van der Waals surface area contributed by atoms with E-state index in [1.165, 1.54) is 12.1 Å². The van der Waals surface area contributed by atoms with Gasteiger partial charge in [-0.05, 0) is 34.1 Å². The van der Waals surface area contributed by atoms with Crippen molar-refractivity contribution >= 4 is 38.6 Å². The zero-order valence-electron chi connectivity index (χ0n) is 5.25. The largest absolute Gasteiger partial charge is 0.302 e. The zero-order chi connectivity index (χ0) is 8.43. The molecule has 1 aromatic rings. The summed E-state index contributed by atoms with van der Waals surface area (Å²) in [5.74, 6) is 0. The number of benzene rings is 1. The first kappa shape index (κ1) is 9.19. The van der Waals surface area contributed by atoms with Crippen LogP contribution in [0.3, 0.4) is 0 Å². The van der Waals surface area contributed by atoms with E-state index in [1.54, 1.807) is 6.07 Å². The van der Waals surface area contributed by atoms with Crippen LogP contribution in [0.2, 0.25) is 5.02 Å². The Morgan fingerprint density at radius 2 is 2.18 bits per heavy atom. The Hall–Kier alpha value is 0.1000. The van der Waals surface area contributed by atoms with Gasteiger partial charge in [-0.2, -0.15) is 0 Å². The average molecular weight is 256 g/mol. The molecule has 0 bridgehead atoms. The molecule has 1 unspecified atom stereocenters. The minimum atomic E-state index is -1.95. The summed E-state index contributed by atoms with van der Waals surface area (Å²) in [4.78, 5) is 0.304. The third-order valence-corrected chi connectivity index (χ3v) is 2.98. The highest BCUT2D eigenvalue weighted by atomic mass is 79.9. The molecule has 11 heavy (non-hydrogen) atoms. The second kappa shape index (κ2) is 3.67. The molecule has 1 N–H and O–H groups in total. The Bertz CT molecular complexity index is 303. The average Bonchev–Trinajstić information content (AvgIpc) is 1.94. The van der Waals surface area contributed by atoms with Gasteiger partial charge in [0.25, 0.3) is 0 Å². The molecule has 0 radical (unpaired) electrons. The van der Waals surface area contributed by atoms with E-state index in [1.807, 2.05) is 0 Å². The summed E-state index contributed by atoms with van der Waals surface area (Å²) in [5, 5.41) is 0.435. The molecule has 0 saturated heterocycles. The molecule has 0 aliphatic rings. The Kier molecular flexibility index (Phi) is 3.06. The van der Waals surface area contributed by atoms with Crippen LogP contribution in [-0.2, 0) is 11.1 Å².